The third kappa shape index (κ3) is 2.19. The van der Waals surface area contributed by atoms with Crippen LogP contribution < -0.4 is 5.73 Å². The van der Waals surface area contributed by atoms with Crippen molar-refractivity contribution in [2.45, 2.75) is 31.8 Å². The van der Waals surface area contributed by atoms with Crippen molar-refractivity contribution < 1.29 is 0 Å². The maximum absolute atomic E-state index is 5.51. The number of nitrogens with zero attached hydrogens (tertiary/aromatic N) is 2. The van der Waals surface area contributed by atoms with Gasteiger partial charge in [-0.25, -0.2) is 9.97 Å². The fourth-order valence-corrected chi connectivity index (χ4v) is 1.84. The van der Waals surface area contributed by atoms with Crippen LogP contribution >= 0.6 is 11.8 Å². The summed E-state index contributed by atoms with van der Waals surface area (Å²) in [7, 11) is 0. The highest BCUT2D eigenvalue weighted by Crippen LogP contribution is 2.19. The molecule has 1 aromatic rings. The van der Waals surface area contributed by atoms with E-state index in [0.29, 0.717) is 6.54 Å². The summed E-state index contributed by atoms with van der Waals surface area (Å²) in [5, 5.41) is 1.05. The van der Waals surface area contributed by atoms with Gasteiger partial charge in [0.2, 0.25) is 0 Å². The molecule has 0 bridgehead atoms. The molecular formula is C9H15N3S. The van der Waals surface area contributed by atoms with Crippen molar-refractivity contribution in [2.75, 3.05) is 6.26 Å². The minimum absolute atomic E-state index is 0.418. The van der Waals surface area contributed by atoms with Crippen LogP contribution in [0.3, 0.4) is 0 Å². The Labute approximate surface area is 83.2 Å². The van der Waals surface area contributed by atoms with Crippen molar-refractivity contribution in [3.8, 4) is 0 Å². The van der Waals surface area contributed by atoms with Crippen LogP contribution in [0.1, 0.15) is 24.0 Å². The van der Waals surface area contributed by atoms with Crippen LogP contribution in [0.2, 0.25) is 0 Å². The topological polar surface area (TPSA) is 51.8 Å². The second-order valence-electron chi connectivity index (χ2n) is 2.78. The molecule has 0 saturated heterocycles. The summed E-state index contributed by atoms with van der Waals surface area (Å²) in [6, 6.07) is 0. The van der Waals surface area contributed by atoms with E-state index in [9.17, 15) is 0 Å². The lowest BCUT2D eigenvalue weighted by Gasteiger charge is -2.08. The maximum Gasteiger partial charge on any atom is 0.143 e. The number of thioether (sulfide) groups is 1. The summed E-state index contributed by atoms with van der Waals surface area (Å²) in [4.78, 5) is 8.71. The molecule has 13 heavy (non-hydrogen) atoms. The van der Waals surface area contributed by atoms with E-state index in [-0.39, 0.29) is 0 Å². The first-order valence-corrected chi connectivity index (χ1v) is 5.55. The van der Waals surface area contributed by atoms with E-state index in [1.165, 1.54) is 5.56 Å². The lowest BCUT2D eigenvalue weighted by Crippen LogP contribution is -2.08. The number of aromatic nitrogens is 2. The van der Waals surface area contributed by atoms with Gasteiger partial charge in [-0.3, -0.25) is 0 Å². The Kier molecular flexibility index (Phi) is 3.69. The van der Waals surface area contributed by atoms with Gasteiger partial charge in [-0.2, -0.15) is 0 Å². The van der Waals surface area contributed by atoms with Gasteiger partial charge in [0.05, 0.1) is 6.54 Å². The molecule has 0 aliphatic rings. The Bertz CT molecular complexity index is 274. The first kappa shape index (κ1) is 10.5. The molecule has 0 aromatic carbocycles. The van der Waals surface area contributed by atoms with Gasteiger partial charge in [0, 0.05) is 11.3 Å². The fraction of sp³-hybridized carbons (Fsp3) is 0.556. The van der Waals surface area contributed by atoms with Crippen molar-refractivity contribution in [3.63, 3.8) is 0 Å². The second-order valence-corrected chi connectivity index (χ2v) is 3.57. The predicted molar refractivity (Wildman–Crippen MR) is 55.8 cm³/mol. The highest BCUT2D eigenvalue weighted by molar-refractivity contribution is 7.98. The molecule has 1 rings (SSSR count). The normalized spacial score (nSPS) is 10.5. The summed E-state index contributed by atoms with van der Waals surface area (Å²) in [5.41, 5.74) is 7.81. The van der Waals surface area contributed by atoms with Crippen LogP contribution in [0.15, 0.2) is 5.03 Å². The zero-order valence-corrected chi connectivity index (χ0v) is 9.11. The van der Waals surface area contributed by atoms with Crippen molar-refractivity contribution in [1.82, 2.24) is 9.97 Å². The molecule has 72 valence electrons. The van der Waals surface area contributed by atoms with Gasteiger partial charge in [-0.1, -0.05) is 6.92 Å². The van der Waals surface area contributed by atoms with Crippen LogP contribution in [-0.4, -0.2) is 16.2 Å². The number of hydrogen-bond donors (Lipinski definition) is 1. The Hall–Kier alpha value is -0.610. The van der Waals surface area contributed by atoms with Crippen molar-refractivity contribution in [2.24, 2.45) is 5.73 Å². The highest BCUT2D eigenvalue weighted by Gasteiger charge is 2.07. The molecular weight excluding hydrogens is 182 g/mol. The first-order chi connectivity index (χ1) is 6.22. The van der Waals surface area contributed by atoms with E-state index < -0.39 is 0 Å². The SMILES string of the molecule is CCc1nc(CN)nc(SC)c1C. The van der Waals surface area contributed by atoms with Gasteiger partial charge in [0.25, 0.3) is 0 Å². The summed E-state index contributed by atoms with van der Waals surface area (Å²) in [5.74, 6) is 0.742. The number of hydrogen-bond acceptors (Lipinski definition) is 4. The molecule has 0 spiro atoms. The van der Waals surface area contributed by atoms with Gasteiger partial charge in [0.15, 0.2) is 0 Å². The van der Waals surface area contributed by atoms with Crippen molar-refractivity contribution in [1.29, 1.82) is 0 Å². The third-order valence-electron chi connectivity index (χ3n) is 1.96. The minimum atomic E-state index is 0.418. The summed E-state index contributed by atoms with van der Waals surface area (Å²) < 4.78 is 0. The highest BCUT2D eigenvalue weighted by atomic mass is 32.2. The number of rotatable bonds is 3. The monoisotopic (exact) mass is 197 g/mol. The quantitative estimate of drug-likeness (QED) is 0.589. The lowest BCUT2D eigenvalue weighted by atomic mass is 10.2. The van der Waals surface area contributed by atoms with Crippen LogP contribution in [-0.2, 0) is 13.0 Å². The summed E-state index contributed by atoms with van der Waals surface area (Å²) in [6.45, 7) is 4.57. The zero-order chi connectivity index (χ0) is 9.84. The molecule has 0 aliphatic carbocycles. The Morgan fingerprint density at radius 3 is 2.54 bits per heavy atom. The average Bonchev–Trinajstić information content (AvgIpc) is 2.18. The van der Waals surface area contributed by atoms with Gasteiger partial charge < -0.3 is 5.73 Å². The second kappa shape index (κ2) is 4.58. The molecule has 0 saturated carbocycles. The first-order valence-electron chi connectivity index (χ1n) is 4.33. The molecule has 2 N–H and O–H groups in total. The van der Waals surface area contributed by atoms with Crippen molar-refractivity contribution in [3.05, 3.63) is 17.1 Å². The van der Waals surface area contributed by atoms with E-state index in [1.807, 2.05) is 6.26 Å². The van der Waals surface area contributed by atoms with Gasteiger partial charge in [-0.15, -0.1) is 11.8 Å². The van der Waals surface area contributed by atoms with E-state index in [4.69, 9.17) is 5.73 Å². The van der Waals surface area contributed by atoms with E-state index in [1.54, 1.807) is 11.8 Å². The van der Waals surface area contributed by atoms with Gasteiger partial charge in [0.1, 0.15) is 10.9 Å². The number of aryl methyl sites for hydroxylation is 1. The molecule has 0 fully saturated rings. The molecule has 0 radical (unpaired) electrons. The summed E-state index contributed by atoms with van der Waals surface area (Å²) >= 11 is 1.65. The minimum Gasteiger partial charge on any atom is -0.324 e. The van der Waals surface area contributed by atoms with Crippen molar-refractivity contribution >= 4 is 11.8 Å². The molecule has 0 atom stereocenters. The molecule has 0 aliphatic heterocycles. The molecule has 1 aromatic heterocycles. The smallest absolute Gasteiger partial charge is 0.143 e. The Morgan fingerprint density at radius 1 is 1.38 bits per heavy atom. The van der Waals surface area contributed by atoms with Crippen LogP contribution in [0.25, 0.3) is 0 Å². The molecule has 3 nitrogen and oxygen atoms in total. The molecule has 1 heterocycles. The number of nitrogens with two attached hydrogens (primary N) is 1. The van der Waals surface area contributed by atoms with E-state index in [0.717, 1.165) is 23.0 Å². The third-order valence-corrected chi connectivity index (χ3v) is 2.74. The van der Waals surface area contributed by atoms with Crippen LogP contribution in [0, 0.1) is 6.92 Å². The molecule has 4 heteroatoms. The van der Waals surface area contributed by atoms with E-state index >= 15 is 0 Å². The molecule has 0 amide bonds. The van der Waals surface area contributed by atoms with E-state index in [2.05, 4.69) is 23.8 Å². The summed E-state index contributed by atoms with van der Waals surface area (Å²) in [6.07, 6.45) is 2.96. The average molecular weight is 197 g/mol. The fourth-order valence-electron chi connectivity index (χ4n) is 1.22. The standard InChI is InChI=1S/C9H15N3S/c1-4-7-6(2)9(13-3)12-8(5-10)11-7/h4-5,10H2,1-3H3. The Balaban J connectivity index is 3.20. The molecule has 0 unspecified atom stereocenters. The maximum atomic E-state index is 5.51. The largest absolute Gasteiger partial charge is 0.324 e. The van der Waals surface area contributed by atoms with Crippen LogP contribution in [0.5, 0.6) is 0 Å². The van der Waals surface area contributed by atoms with Gasteiger partial charge in [-0.05, 0) is 19.6 Å². The van der Waals surface area contributed by atoms with Crippen LogP contribution in [0.4, 0.5) is 0 Å². The zero-order valence-electron chi connectivity index (χ0n) is 8.29. The Morgan fingerprint density at radius 2 is 2.08 bits per heavy atom. The van der Waals surface area contributed by atoms with Gasteiger partial charge >= 0.3 is 0 Å². The lowest BCUT2D eigenvalue weighted by molar-refractivity contribution is 0.811. The predicted octanol–water partition coefficient (Wildman–Crippen LogP) is 1.53.